The molecule has 0 radical (unpaired) electrons. The smallest absolute Gasteiger partial charge is 0.289 e. The second-order valence-corrected chi connectivity index (χ2v) is 6.72. The summed E-state index contributed by atoms with van der Waals surface area (Å²) in [7, 11) is 0. The number of nitro benzene ring substituents is 1. The third-order valence-electron chi connectivity index (χ3n) is 4.31. The van der Waals surface area contributed by atoms with Gasteiger partial charge >= 0.3 is 0 Å². The number of nitrogens with one attached hydrogen (secondary N) is 1. The Morgan fingerprint density at radius 2 is 1.72 bits per heavy atom. The van der Waals surface area contributed by atoms with Crippen molar-refractivity contribution in [1.82, 2.24) is 0 Å². The number of rotatable bonds is 7. The molecule has 148 valence electrons. The van der Waals surface area contributed by atoms with Gasteiger partial charge in [-0.1, -0.05) is 61.0 Å². The normalized spacial score (nSPS) is 11.5. The third-order valence-corrected chi connectivity index (χ3v) is 4.63. The maximum atomic E-state index is 12.6. The van der Waals surface area contributed by atoms with Crippen molar-refractivity contribution >= 4 is 28.9 Å². The van der Waals surface area contributed by atoms with Gasteiger partial charge in [0.1, 0.15) is 10.8 Å². The van der Waals surface area contributed by atoms with Gasteiger partial charge in [-0.25, -0.2) is 0 Å². The van der Waals surface area contributed by atoms with Crippen LogP contribution in [-0.4, -0.2) is 16.9 Å². The van der Waals surface area contributed by atoms with Crippen LogP contribution in [0.15, 0.2) is 72.8 Å². The van der Waals surface area contributed by atoms with Gasteiger partial charge in [0.05, 0.1) is 4.92 Å². The Hall–Kier alpha value is -3.38. The summed E-state index contributed by atoms with van der Waals surface area (Å²) in [4.78, 5) is 23.0. The minimum absolute atomic E-state index is 0.00907. The monoisotopic (exact) mass is 410 g/mol. The van der Waals surface area contributed by atoms with E-state index < -0.39 is 16.9 Å². The van der Waals surface area contributed by atoms with Gasteiger partial charge in [0.25, 0.3) is 11.6 Å². The largest absolute Gasteiger partial charge is 0.481 e. The van der Waals surface area contributed by atoms with Crippen LogP contribution in [0, 0.1) is 10.1 Å². The van der Waals surface area contributed by atoms with E-state index in [1.165, 1.54) is 18.2 Å². The summed E-state index contributed by atoms with van der Waals surface area (Å²) in [6.45, 7) is 1.83. The van der Waals surface area contributed by atoms with Crippen LogP contribution in [0.2, 0.25) is 5.02 Å². The van der Waals surface area contributed by atoms with Gasteiger partial charge in [-0.05, 0) is 41.8 Å². The van der Waals surface area contributed by atoms with E-state index in [0.717, 1.165) is 11.1 Å². The molecule has 0 aliphatic heterocycles. The number of carbonyl (C=O) groups is 1. The highest BCUT2D eigenvalue weighted by atomic mass is 35.5. The first kappa shape index (κ1) is 20.4. The van der Waals surface area contributed by atoms with Gasteiger partial charge < -0.3 is 10.1 Å². The zero-order chi connectivity index (χ0) is 20.8. The van der Waals surface area contributed by atoms with E-state index >= 15 is 0 Å². The summed E-state index contributed by atoms with van der Waals surface area (Å²) < 4.78 is 5.82. The van der Waals surface area contributed by atoms with E-state index in [-0.39, 0.29) is 16.4 Å². The number of halogens is 1. The van der Waals surface area contributed by atoms with Crippen LogP contribution >= 0.6 is 11.6 Å². The Morgan fingerprint density at radius 3 is 2.34 bits per heavy atom. The van der Waals surface area contributed by atoms with E-state index in [9.17, 15) is 14.9 Å². The first-order chi connectivity index (χ1) is 14.0. The van der Waals surface area contributed by atoms with Crippen molar-refractivity contribution in [2.75, 3.05) is 5.32 Å². The Balaban J connectivity index is 1.69. The molecule has 7 heteroatoms. The quantitative estimate of drug-likeness (QED) is 0.399. The maximum Gasteiger partial charge on any atom is 0.289 e. The molecule has 0 bridgehead atoms. The van der Waals surface area contributed by atoms with E-state index in [1.807, 2.05) is 61.5 Å². The maximum absolute atomic E-state index is 12.6. The number of anilines is 1. The number of ether oxygens (including phenoxy) is 1. The Kier molecular flexibility index (Phi) is 6.46. The number of nitro groups is 1. The minimum Gasteiger partial charge on any atom is -0.481 e. The molecule has 1 atom stereocenters. The number of amides is 1. The Bertz CT molecular complexity index is 1010. The highest BCUT2D eigenvalue weighted by Crippen LogP contribution is 2.28. The van der Waals surface area contributed by atoms with E-state index in [4.69, 9.17) is 16.3 Å². The average Bonchev–Trinajstić information content (AvgIpc) is 2.74. The van der Waals surface area contributed by atoms with E-state index in [0.29, 0.717) is 12.2 Å². The van der Waals surface area contributed by atoms with Gasteiger partial charge in [0, 0.05) is 11.8 Å². The molecule has 29 heavy (non-hydrogen) atoms. The highest BCUT2D eigenvalue weighted by Gasteiger charge is 2.20. The van der Waals surface area contributed by atoms with Crippen LogP contribution < -0.4 is 10.1 Å². The molecule has 1 unspecified atom stereocenters. The summed E-state index contributed by atoms with van der Waals surface area (Å²) >= 11 is 5.80. The fourth-order valence-corrected chi connectivity index (χ4v) is 2.98. The van der Waals surface area contributed by atoms with Crippen LogP contribution in [0.1, 0.15) is 13.3 Å². The molecule has 0 saturated heterocycles. The highest BCUT2D eigenvalue weighted by molar-refractivity contribution is 6.32. The predicted octanol–water partition coefficient (Wildman–Crippen LogP) is 5.71. The lowest BCUT2D eigenvalue weighted by molar-refractivity contribution is -0.384. The molecular weight excluding hydrogens is 392 g/mol. The Labute approximate surface area is 173 Å². The lowest BCUT2D eigenvalue weighted by Gasteiger charge is -2.17. The van der Waals surface area contributed by atoms with Crippen molar-refractivity contribution in [3.63, 3.8) is 0 Å². The van der Waals surface area contributed by atoms with Crippen molar-refractivity contribution in [3.8, 4) is 16.9 Å². The first-order valence-electron chi connectivity index (χ1n) is 9.05. The van der Waals surface area contributed by atoms with Gasteiger partial charge in [0.2, 0.25) is 0 Å². The molecule has 0 aromatic heterocycles. The summed E-state index contributed by atoms with van der Waals surface area (Å²) in [5, 5.41) is 13.7. The van der Waals surface area contributed by atoms with Crippen molar-refractivity contribution in [2.45, 2.75) is 19.4 Å². The molecular formula is C22H19ClN2O4. The molecule has 3 aromatic carbocycles. The van der Waals surface area contributed by atoms with Crippen LogP contribution in [0.25, 0.3) is 11.1 Å². The molecule has 6 nitrogen and oxygen atoms in total. The molecule has 1 N–H and O–H groups in total. The standard InChI is InChI=1S/C22H19ClN2O4/c1-2-21(22(26)24-17-10-13-19(23)20(14-17)25(27)28)29-18-11-8-16(9-12-18)15-6-4-3-5-7-15/h3-14,21H,2H2,1H3,(H,24,26). The predicted molar refractivity (Wildman–Crippen MR) is 113 cm³/mol. The summed E-state index contributed by atoms with van der Waals surface area (Å²) in [6, 6.07) is 21.5. The SMILES string of the molecule is CCC(Oc1ccc(-c2ccccc2)cc1)C(=O)Nc1ccc(Cl)c([N+](=O)[O-])c1. The number of hydrogen-bond acceptors (Lipinski definition) is 4. The molecule has 0 fully saturated rings. The van der Waals surface area contributed by atoms with Crippen molar-refractivity contribution in [3.05, 3.63) is 87.9 Å². The van der Waals surface area contributed by atoms with Crippen LogP contribution in [-0.2, 0) is 4.79 Å². The van der Waals surface area contributed by atoms with Gasteiger partial charge in [-0.15, -0.1) is 0 Å². The van der Waals surface area contributed by atoms with Crippen LogP contribution in [0.3, 0.4) is 0 Å². The molecule has 0 heterocycles. The van der Waals surface area contributed by atoms with Crippen LogP contribution in [0.4, 0.5) is 11.4 Å². The lowest BCUT2D eigenvalue weighted by atomic mass is 10.1. The molecule has 1 amide bonds. The zero-order valence-corrected chi connectivity index (χ0v) is 16.4. The minimum atomic E-state index is -0.743. The van der Waals surface area contributed by atoms with E-state index in [1.54, 1.807) is 0 Å². The van der Waals surface area contributed by atoms with E-state index in [2.05, 4.69) is 5.32 Å². The molecule has 3 aromatic rings. The van der Waals surface area contributed by atoms with Crippen LogP contribution in [0.5, 0.6) is 5.75 Å². The van der Waals surface area contributed by atoms with Gasteiger partial charge in [-0.3, -0.25) is 14.9 Å². The van der Waals surface area contributed by atoms with Gasteiger partial charge in [0.15, 0.2) is 6.10 Å². The first-order valence-corrected chi connectivity index (χ1v) is 9.42. The topological polar surface area (TPSA) is 81.5 Å². The third kappa shape index (κ3) is 5.12. The summed E-state index contributed by atoms with van der Waals surface area (Å²) in [5.74, 6) is 0.171. The fourth-order valence-electron chi connectivity index (χ4n) is 2.80. The summed E-state index contributed by atoms with van der Waals surface area (Å²) in [6.07, 6.45) is -0.311. The molecule has 0 aliphatic carbocycles. The molecule has 3 rings (SSSR count). The zero-order valence-electron chi connectivity index (χ0n) is 15.7. The fraction of sp³-hybridized carbons (Fsp3) is 0.136. The van der Waals surface area contributed by atoms with Crippen molar-refractivity contribution in [2.24, 2.45) is 0 Å². The Morgan fingerprint density at radius 1 is 1.07 bits per heavy atom. The number of hydrogen-bond donors (Lipinski definition) is 1. The average molecular weight is 411 g/mol. The molecule has 0 spiro atoms. The molecule has 0 saturated carbocycles. The molecule has 0 aliphatic rings. The van der Waals surface area contributed by atoms with Gasteiger partial charge in [-0.2, -0.15) is 0 Å². The summed E-state index contributed by atoms with van der Waals surface area (Å²) in [5.41, 5.74) is 2.15. The lowest BCUT2D eigenvalue weighted by Crippen LogP contribution is -2.32. The second-order valence-electron chi connectivity index (χ2n) is 6.32. The number of nitrogens with zero attached hydrogens (tertiary/aromatic N) is 1. The second kappa shape index (κ2) is 9.21. The van der Waals surface area contributed by atoms with Crippen molar-refractivity contribution < 1.29 is 14.5 Å². The number of carbonyl (C=O) groups excluding carboxylic acids is 1. The number of benzene rings is 3. The van der Waals surface area contributed by atoms with Crippen molar-refractivity contribution in [1.29, 1.82) is 0 Å².